The Kier molecular flexibility index (Phi) is 9.28. The Morgan fingerprint density at radius 3 is 2.37 bits per heavy atom. The molecule has 0 saturated heterocycles. The van der Waals surface area contributed by atoms with E-state index in [1.54, 1.807) is 75.2 Å². The number of hydrogen-bond donors (Lipinski definition) is 1. The second kappa shape index (κ2) is 12.7. The second-order valence-electron chi connectivity index (χ2n) is 12.6. The van der Waals surface area contributed by atoms with Crippen molar-refractivity contribution in [1.29, 1.82) is 0 Å². The Balaban J connectivity index is 1.55. The minimum Gasteiger partial charge on any atom is -0.443 e. The van der Waals surface area contributed by atoms with E-state index in [-0.39, 0.29) is 46.1 Å². The van der Waals surface area contributed by atoms with Crippen LogP contribution in [0.15, 0.2) is 47.4 Å². The van der Waals surface area contributed by atoms with Crippen LogP contribution in [0.2, 0.25) is 15.1 Å². The topological polar surface area (TPSA) is 111 Å². The van der Waals surface area contributed by atoms with Crippen molar-refractivity contribution in [3.63, 3.8) is 0 Å². The number of aromatic nitrogens is 4. The third-order valence-corrected chi connectivity index (χ3v) is 8.36. The van der Waals surface area contributed by atoms with Gasteiger partial charge in [-0.05, 0) is 91.3 Å². The van der Waals surface area contributed by atoms with Crippen molar-refractivity contribution in [1.82, 2.24) is 24.0 Å². The average molecular weight is 686 g/mol. The molecule has 1 aliphatic heterocycles. The third-order valence-electron chi connectivity index (χ3n) is 7.32. The van der Waals surface area contributed by atoms with Gasteiger partial charge in [0.1, 0.15) is 11.4 Å². The van der Waals surface area contributed by atoms with Crippen LogP contribution in [0, 0.1) is 6.92 Å². The standard InChI is InChI=1S/C33H35Cl3N6O4/c1-17(2)37-31-39-26-16-40(29(43)21-8-10-23(34)24(35)14-21)19(4)12-22(26)30(44)42(31)27-11-9-20(13-25(27)36)28-38-18(3)15-41(28)32(45)46-33(5,6)7/h8-11,13-15,17,19H,12,16H2,1-7H3,(H,37,39)/t19-/m1/s1. The summed E-state index contributed by atoms with van der Waals surface area (Å²) in [6.45, 7) is 13.0. The van der Waals surface area contributed by atoms with Crippen LogP contribution in [-0.2, 0) is 17.7 Å². The number of ether oxygens (including phenoxy) is 1. The highest BCUT2D eigenvalue weighted by molar-refractivity contribution is 6.42. The zero-order valence-electron chi connectivity index (χ0n) is 26.6. The number of aryl methyl sites for hydroxylation is 1. The highest BCUT2D eigenvalue weighted by Crippen LogP contribution is 2.31. The molecule has 0 spiro atoms. The fraction of sp³-hybridized carbons (Fsp3) is 0.364. The number of anilines is 1. The molecule has 242 valence electrons. The molecule has 1 amide bonds. The lowest BCUT2D eigenvalue weighted by Crippen LogP contribution is -2.46. The minimum atomic E-state index is -0.695. The number of hydrogen-bond acceptors (Lipinski definition) is 7. The molecule has 2 aromatic heterocycles. The van der Waals surface area contributed by atoms with Crippen LogP contribution in [0.4, 0.5) is 10.7 Å². The van der Waals surface area contributed by atoms with Gasteiger partial charge in [0.2, 0.25) is 5.95 Å². The predicted molar refractivity (Wildman–Crippen MR) is 181 cm³/mol. The van der Waals surface area contributed by atoms with Crippen molar-refractivity contribution >= 4 is 52.8 Å². The van der Waals surface area contributed by atoms with Gasteiger partial charge >= 0.3 is 6.09 Å². The molecule has 4 aromatic rings. The first kappa shape index (κ1) is 33.5. The molecule has 0 radical (unpaired) electrons. The number of benzene rings is 2. The molecule has 1 N–H and O–H groups in total. The van der Waals surface area contributed by atoms with Crippen LogP contribution in [0.5, 0.6) is 0 Å². The van der Waals surface area contributed by atoms with Gasteiger partial charge < -0.3 is 15.0 Å². The Hall–Kier alpha value is -3.86. The van der Waals surface area contributed by atoms with Gasteiger partial charge in [0.25, 0.3) is 11.5 Å². The molecule has 0 aliphatic carbocycles. The summed E-state index contributed by atoms with van der Waals surface area (Å²) in [4.78, 5) is 51.7. The largest absolute Gasteiger partial charge is 0.443 e. The normalized spacial score (nSPS) is 14.8. The van der Waals surface area contributed by atoms with Crippen molar-refractivity contribution in [2.24, 2.45) is 0 Å². The number of fused-ring (bicyclic) bond motifs is 1. The van der Waals surface area contributed by atoms with E-state index in [4.69, 9.17) is 44.5 Å². The molecular weight excluding hydrogens is 651 g/mol. The fourth-order valence-corrected chi connectivity index (χ4v) is 5.85. The number of nitrogens with one attached hydrogen (secondary N) is 1. The minimum absolute atomic E-state index is 0.0741. The molecule has 5 rings (SSSR count). The molecule has 13 heteroatoms. The van der Waals surface area contributed by atoms with E-state index in [1.807, 2.05) is 20.8 Å². The van der Waals surface area contributed by atoms with Gasteiger partial charge in [0.05, 0.1) is 38.7 Å². The first-order valence-corrected chi connectivity index (χ1v) is 15.9. The van der Waals surface area contributed by atoms with E-state index in [9.17, 15) is 14.4 Å². The van der Waals surface area contributed by atoms with E-state index >= 15 is 0 Å². The molecule has 2 aromatic carbocycles. The zero-order valence-corrected chi connectivity index (χ0v) is 28.9. The summed E-state index contributed by atoms with van der Waals surface area (Å²) in [5, 5.41) is 4.16. The maximum absolute atomic E-state index is 14.2. The lowest BCUT2D eigenvalue weighted by Gasteiger charge is -2.35. The Morgan fingerprint density at radius 1 is 1.02 bits per heavy atom. The molecule has 0 unspecified atom stereocenters. The van der Waals surface area contributed by atoms with E-state index in [1.165, 1.54) is 9.13 Å². The Labute approximate surface area is 282 Å². The number of imidazole rings is 1. The molecule has 46 heavy (non-hydrogen) atoms. The van der Waals surface area contributed by atoms with Crippen LogP contribution >= 0.6 is 34.8 Å². The van der Waals surface area contributed by atoms with Gasteiger partial charge in [-0.1, -0.05) is 34.8 Å². The van der Waals surface area contributed by atoms with Crippen molar-refractivity contribution in [2.75, 3.05) is 5.32 Å². The molecule has 0 saturated carbocycles. The van der Waals surface area contributed by atoms with Crippen molar-refractivity contribution < 1.29 is 14.3 Å². The molecule has 0 fully saturated rings. The number of carbonyl (C=O) groups is 2. The highest BCUT2D eigenvalue weighted by Gasteiger charge is 2.32. The summed E-state index contributed by atoms with van der Waals surface area (Å²) in [5.74, 6) is 0.410. The van der Waals surface area contributed by atoms with Gasteiger partial charge in [0, 0.05) is 35.0 Å². The lowest BCUT2D eigenvalue weighted by atomic mass is 9.98. The van der Waals surface area contributed by atoms with Crippen LogP contribution in [0.25, 0.3) is 17.1 Å². The van der Waals surface area contributed by atoms with E-state index < -0.39 is 11.7 Å². The predicted octanol–water partition coefficient (Wildman–Crippen LogP) is 7.56. The zero-order chi connectivity index (χ0) is 33.7. The Bertz CT molecular complexity index is 1910. The van der Waals surface area contributed by atoms with E-state index in [0.717, 1.165) is 0 Å². The van der Waals surface area contributed by atoms with Crippen LogP contribution in [0.1, 0.15) is 68.9 Å². The number of carbonyl (C=O) groups excluding carboxylic acids is 2. The molecule has 3 heterocycles. The summed E-state index contributed by atoms with van der Waals surface area (Å²) >= 11 is 19.1. The summed E-state index contributed by atoms with van der Waals surface area (Å²) in [5.41, 5.74) is 2.00. The quantitative estimate of drug-likeness (QED) is 0.231. The van der Waals surface area contributed by atoms with Gasteiger partial charge in [-0.2, -0.15) is 0 Å². The number of halogens is 3. The first-order chi connectivity index (χ1) is 21.5. The van der Waals surface area contributed by atoms with Gasteiger partial charge in [-0.15, -0.1) is 0 Å². The Morgan fingerprint density at radius 2 is 1.74 bits per heavy atom. The molecule has 1 atom stereocenters. The fourth-order valence-electron chi connectivity index (χ4n) is 5.28. The maximum atomic E-state index is 14.2. The third kappa shape index (κ3) is 6.79. The molecule has 0 bridgehead atoms. The number of rotatable bonds is 5. The molecule has 1 aliphatic rings. The second-order valence-corrected chi connectivity index (χ2v) is 13.9. The van der Waals surface area contributed by atoms with Gasteiger partial charge in [0.15, 0.2) is 0 Å². The maximum Gasteiger partial charge on any atom is 0.420 e. The summed E-state index contributed by atoms with van der Waals surface area (Å²) in [6.07, 6.45) is 1.32. The van der Waals surface area contributed by atoms with Crippen molar-refractivity contribution in [3.8, 4) is 17.1 Å². The summed E-state index contributed by atoms with van der Waals surface area (Å²) in [7, 11) is 0. The monoisotopic (exact) mass is 684 g/mol. The van der Waals surface area contributed by atoms with E-state index in [2.05, 4.69) is 10.3 Å². The van der Waals surface area contributed by atoms with E-state index in [0.29, 0.717) is 51.0 Å². The smallest absolute Gasteiger partial charge is 0.420 e. The van der Waals surface area contributed by atoms with Crippen LogP contribution in [-0.4, -0.2) is 53.7 Å². The lowest BCUT2D eigenvalue weighted by molar-refractivity contribution is 0.0538. The number of amides is 1. The highest BCUT2D eigenvalue weighted by atomic mass is 35.5. The van der Waals surface area contributed by atoms with Gasteiger partial charge in [-0.3, -0.25) is 9.59 Å². The SMILES string of the molecule is Cc1cn(C(=O)OC(C)(C)C)c(-c2ccc(-n3c(NC(C)C)nc4c(c3=O)C[C@@H](C)N(C(=O)c3ccc(Cl)c(Cl)c3)C4)c(Cl)c2)n1. The summed E-state index contributed by atoms with van der Waals surface area (Å²) in [6, 6.07) is 9.49. The number of nitrogens with zero attached hydrogens (tertiary/aromatic N) is 5. The molecule has 10 nitrogen and oxygen atoms in total. The molecular formula is C33H35Cl3N6O4. The van der Waals surface area contributed by atoms with Crippen LogP contribution < -0.4 is 10.9 Å². The van der Waals surface area contributed by atoms with Crippen molar-refractivity contribution in [3.05, 3.63) is 90.5 Å². The van der Waals surface area contributed by atoms with Crippen LogP contribution in [0.3, 0.4) is 0 Å². The average Bonchev–Trinajstić information content (AvgIpc) is 3.36. The van der Waals surface area contributed by atoms with Crippen molar-refractivity contribution in [2.45, 2.75) is 79.1 Å². The summed E-state index contributed by atoms with van der Waals surface area (Å²) < 4.78 is 8.37. The first-order valence-electron chi connectivity index (χ1n) is 14.8. The van der Waals surface area contributed by atoms with Gasteiger partial charge in [-0.25, -0.2) is 23.9 Å².